The molecule has 0 heterocycles. The molecule has 0 saturated carbocycles. The Kier molecular flexibility index (Phi) is 3.21. The van der Waals surface area contributed by atoms with Gasteiger partial charge in [0.15, 0.2) is 0 Å². The van der Waals surface area contributed by atoms with Gasteiger partial charge in [-0.15, -0.1) is 0 Å². The van der Waals surface area contributed by atoms with Crippen molar-refractivity contribution < 1.29 is 4.79 Å². The largest absolute Gasteiger partial charge is 0.272 e. The third-order valence-electron chi connectivity index (χ3n) is 1.33. The summed E-state index contributed by atoms with van der Waals surface area (Å²) in [5, 5.41) is 0. The van der Waals surface area contributed by atoms with Crippen LogP contribution in [0.2, 0.25) is 5.82 Å². The van der Waals surface area contributed by atoms with E-state index in [2.05, 4.69) is 11.7 Å². The number of hydrogen-bond acceptors (Lipinski definition) is 1. The summed E-state index contributed by atoms with van der Waals surface area (Å²) in [5.74, 6) is -0.574. The third-order valence-corrected chi connectivity index (χ3v) is 1.33. The molecular weight excluding hydrogens is 113 g/mol. The van der Waals surface area contributed by atoms with Crippen molar-refractivity contribution in [3.8, 4) is 0 Å². The molecule has 0 aromatic rings. The first kappa shape index (κ1) is 8.40. The smallest absolute Gasteiger partial charge is 0.247 e. The molecule has 0 rings (SSSR count). The molecule has 2 unspecified atom stereocenters. The molecule has 0 aliphatic heterocycles. The topological polar surface area (TPSA) is 29.4 Å². The molecule has 0 spiro atoms. The maximum absolute atomic E-state index is 10.6. The Morgan fingerprint density at radius 1 is 1.67 bits per heavy atom. The van der Waals surface area contributed by atoms with Crippen molar-refractivity contribution in [3.05, 3.63) is 0 Å². The third kappa shape index (κ3) is 2.45. The van der Waals surface area contributed by atoms with Crippen LogP contribution in [0.1, 0.15) is 13.8 Å². The van der Waals surface area contributed by atoms with Gasteiger partial charge in [0.1, 0.15) is 0 Å². The van der Waals surface area contributed by atoms with Crippen molar-refractivity contribution >= 4 is 20.5 Å². The van der Waals surface area contributed by atoms with Gasteiger partial charge in [-0.25, -0.2) is 4.99 Å². The van der Waals surface area contributed by atoms with Crippen molar-refractivity contribution in [1.29, 1.82) is 0 Å². The van der Waals surface area contributed by atoms with Gasteiger partial charge in [0.2, 0.25) is 5.91 Å². The first-order valence-electron chi connectivity index (χ1n) is 2.85. The average molecular weight is 123 g/mol. The van der Waals surface area contributed by atoms with Gasteiger partial charge in [0.05, 0.1) is 7.85 Å². The van der Waals surface area contributed by atoms with E-state index < -0.39 is 0 Å². The minimum absolute atomic E-state index is 0.136. The second-order valence-corrected chi connectivity index (χ2v) is 2.14. The molecule has 0 N–H and O–H groups in total. The van der Waals surface area contributed by atoms with Crippen LogP contribution in [0.25, 0.3) is 0 Å². The van der Waals surface area contributed by atoms with Gasteiger partial charge in [-0.2, -0.15) is 0 Å². The number of nitrogens with zero attached hydrogens (tertiary/aromatic N) is 1. The Morgan fingerprint density at radius 2 is 2.11 bits per heavy atom. The summed E-state index contributed by atoms with van der Waals surface area (Å²) < 4.78 is 0. The van der Waals surface area contributed by atoms with E-state index >= 15 is 0 Å². The summed E-state index contributed by atoms with van der Waals surface area (Å²) >= 11 is 0. The number of rotatable bonds is 2. The number of hydrogen-bond donors (Lipinski definition) is 0. The lowest BCUT2D eigenvalue weighted by Crippen LogP contribution is -2.12. The molecule has 1 amide bonds. The van der Waals surface area contributed by atoms with E-state index in [1.807, 2.05) is 0 Å². The van der Waals surface area contributed by atoms with E-state index in [1.165, 1.54) is 0 Å². The normalized spacial score (nSPS) is 16.2. The monoisotopic (exact) mass is 123 g/mol. The van der Waals surface area contributed by atoms with Gasteiger partial charge in [-0.3, -0.25) is 4.79 Å². The van der Waals surface area contributed by atoms with Crippen LogP contribution in [-0.4, -0.2) is 20.5 Å². The van der Waals surface area contributed by atoms with Crippen LogP contribution in [0.15, 0.2) is 4.99 Å². The van der Waals surface area contributed by atoms with E-state index in [0.717, 1.165) is 0 Å². The van der Waals surface area contributed by atoms with Gasteiger partial charge < -0.3 is 0 Å². The summed E-state index contributed by atoms with van der Waals surface area (Å²) in [6, 6.07) is 0. The Labute approximate surface area is 56.8 Å². The maximum Gasteiger partial charge on any atom is 0.247 e. The molecule has 48 valence electrons. The number of carbonyl (C=O) groups excluding carboxylic acids is 1. The molecule has 0 aliphatic carbocycles. The van der Waals surface area contributed by atoms with Gasteiger partial charge in [0.25, 0.3) is 0 Å². The predicted molar refractivity (Wildman–Crippen MR) is 38.9 cm³/mol. The number of amides is 1. The van der Waals surface area contributed by atoms with Gasteiger partial charge in [0, 0.05) is 5.92 Å². The highest BCUT2D eigenvalue weighted by atomic mass is 16.1. The first-order chi connectivity index (χ1) is 4.09. The summed E-state index contributed by atoms with van der Waals surface area (Å²) in [6.45, 7) is 6.62. The van der Waals surface area contributed by atoms with Crippen molar-refractivity contribution in [3.63, 3.8) is 0 Å². The quantitative estimate of drug-likeness (QED) is 0.394. The Hall–Kier alpha value is -0.595. The van der Waals surface area contributed by atoms with Crippen LogP contribution in [0, 0.1) is 5.92 Å². The fourth-order valence-electron chi connectivity index (χ4n) is 0.369. The molecule has 2 nitrogen and oxygen atoms in total. The van der Waals surface area contributed by atoms with E-state index in [-0.39, 0.29) is 17.6 Å². The van der Waals surface area contributed by atoms with Gasteiger partial charge >= 0.3 is 0 Å². The minimum Gasteiger partial charge on any atom is -0.272 e. The first-order valence-corrected chi connectivity index (χ1v) is 2.85. The Balaban J connectivity index is 3.87. The highest BCUT2D eigenvalue weighted by Crippen LogP contribution is 2.13. The van der Waals surface area contributed by atoms with Crippen molar-refractivity contribution in [2.24, 2.45) is 10.9 Å². The highest BCUT2D eigenvalue weighted by Gasteiger charge is 2.13. The van der Waals surface area contributed by atoms with Crippen LogP contribution in [-0.2, 0) is 4.79 Å². The van der Waals surface area contributed by atoms with Crippen molar-refractivity contribution in [2.45, 2.75) is 19.7 Å². The summed E-state index contributed by atoms with van der Waals surface area (Å²) in [7, 11) is 5.40. The molecule has 2 radical (unpaired) electrons. The van der Waals surface area contributed by atoms with Crippen LogP contribution in [0.4, 0.5) is 0 Å². The maximum atomic E-state index is 10.6. The zero-order chi connectivity index (χ0) is 7.44. The SMILES string of the molecule is [B]C(C)C(C)C(=O)N=C. The van der Waals surface area contributed by atoms with Crippen LogP contribution in [0.5, 0.6) is 0 Å². The molecule has 0 aromatic carbocycles. The molecule has 0 fully saturated rings. The molecule has 0 aliphatic rings. The predicted octanol–water partition coefficient (Wildman–Crippen LogP) is 0.827. The van der Waals surface area contributed by atoms with E-state index in [0.29, 0.717) is 0 Å². The second kappa shape index (κ2) is 3.43. The molecule has 3 heteroatoms. The summed E-state index contributed by atoms with van der Waals surface area (Å²) in [5.41, 5.74) is 0. The molecule has 2 atom stereocenters. The van der Waals surface area contributed by atoms with Crippen LogP contribution >= 0.6 is 0 Å². The zero-order valence-corrected chi connectivity index (χ0v) is 5.79. The number of aliphatic imine (C=N–C) groups is 1. The van der Waals surface area contributed by atoms with Crippen LogP contribution < -0.4 is 0 Å². The standard InChI is InChI=1S/C6H10BNO/c1-4(5(2)7)6(9)8-3/h4-5H,3H2,1-2H3. The lowest BCUT2D eigenvalue weighted by molar-refractivity contribution is -0.120. The fraction of sp³-hybridized carbons (Fsp3) is 0.667. The Bertz CT molecular complexity index is 122. The van der Waals surface area contributed by atoms with E-state index in [4.69, 9.17) is 7.85 Å². The fourth-order valence-corrected chi connectivity index (χ4v) is 0.369. The second-order valence-electron chi connectivity index (χ2n) is 2.14. The van der Waals surface area contributed by atoms with Crippen molar-refractivity contribution in [2.75, 3.05) is 0 Å². The zero-order valence-electron chi connectivity index (χ0n) is 5.79. The van der Waals surface area contributed by atoms with Crippen molar-refractivity contribution in [1.82, 2.24) is 0 Å². The van der Waals surface area contributed by atoms with E-state index in [1.54, 1.807) is 13.8 Å². The molecular formula is C6H10BNO. The number of carbonyl (C=O) groups is 1. The van der Waals surface area contributed by atoms with Gasteiger partial charge in [-0.1, -0.05) is 19.7 Å². The highest BCUT2D eigenvalue weighted by molar-refractivity contribution is 6.13. The van der Waals surface area contributed by atoms with E-state index in [9.17, 15) is 4.79 Å². The van der Waals surface area contributed by atoms with Gasteiger partial charge in [-0.05, 0) is 6.72 Å². The van der Waals surface area contributed by atoms with Crippen LogP contribution in [0.3, 0.4) is 0 Å². The minimum atomic E-state index is -0.231. The lowest BCUT2D eigenvalue weighted by Gasteiger charge is -2.09. The molecule has 9 heavy (non-hydrogen) atoms. The molecule has 0 bridgehead atoms. The lowest BCUT2D eigenvalue weighted by atomic mass is 9.79. The molecule has 0 aromatic heterocycles. The molecule has 0 saturated heterocycles. The summed E-state index contributed by atoms with van der Waals surface area (Å²) in [6.07, 6.45) is 0. The summed E-state index contributed by atoms with van der Waals surface area (Å²) in [4.78, 5) is 13.9. The average Bonchev–Trinajstić information content (AvgIpc) is 1.84. The Morgan fingerprint density at radius 3 is 2.22 bits per heavy atom.